The van der Waals surface area contributed by atoms with Crippen molar-refractivity contribution in [2.75, 3.05) is 26.2 Å². The molecule has 0 aliphatic carbocycles. The summed E-state index contributed by atoms with van der Waals surface area (Å²) in [6.07, 6.45) is 6.67. The summed E-state index contributed by atoms with van der Waals surface area (Å²) in [5.74, 6) is 0.846. The molecule has 1 rings (SSSR count). The number of likely N-dealkylation sites (tertiary alicyclic amines) is 1. The minimum atomic E-state index is 0.785. The molecule has 1 unspecified atom stereocenters. The van der Waals surface area contributed by atoms with E-state index in [0.29, 0.717) is 0 Å². The van der Waals surface area contributed by atoms with Gasteiger partial charge in [-0.05, 0) is 57.8 Å². The molecule has 2 nitrogen and oxygen atoms in total. The van der Waals surface area contributed by atoms with Gasteiger partial charge in [0.15, 0.2) is 0 Å². The van der Waals surface area contributed by atoms with Gasteiger partial charge in [-0.1, -0.05) is 27.2 Å². The van der Waals surface area contributed by atoms with E-state index in [1.165, 1.54) is 58.3 Å². The van der Waals surface area contributed by atoms with Gasteiger partial charge in [0.1, 0.15) is 0 Å². The second-order valence-corrected chi connectivity index (χ2v) is 5.42. The highest BCUT2D eigenvalue weighted by molar-refractivity contribution is 4.77. The maximum Gasteiger partial charge on any atom is 0.00915 e. The molecule has 1 atom stereocenters. The minimum absolute atomic E-state index is 0.785. The van der Waals surface area contributed by atoms with Crippen LogP contribution in [0.1, 0.15) is 52.9 Å². The van der Waals surface area contributed by atoms with E-state index in [9.17, 15) is 0 Å². The zero-order valence-corrected chi connectivity index (χ0v) is 11.5. The quantitative estimate of drug-likeness (QED) is 0.718. The fourth-order valence-corrected chi connectivity index (χ4v) is 2.64. The Kier molecular flexibility index (Phi) is 7.06. The molecular weight excluding hydrogens is 196 g/mol. The van der Waals surface area contributed by atoms with Crippen LogP contribution in [0, 0.1) is 5.92 Å². The van der Waals surface area contributed by atoms with Gasteiger partial charge in [0.25, 0.3) is 0 Å². The van der Waals surface area contributed by atoms with Crippen LogP contribution in [0.5, 0.6) is 0 Å². The summed E-state index contributed by atoms with van der Waals surface area (Å²) in [6.45, 7) is 12.0. The summed E-state index contributed by atoms with van der Waals surface area (Å²) in [7, 11) is 0. The van der Waals surface area contributed by atoms with Crippen molar-refractivity contribution >= 4 is 0 Å². The first kappa shape index (κ1) is 14.0. The van der Waals surface area contributed by atoms with Gasteiger partial charge >= 0.3 is 0 Å². The number of piperidine rings is 1. The van der Waals surface area contributed by atoms with Crippen LogP contribution in [0.15, 0.2) is 0 Å². The minimum Gasteiger partial charge on any atom is -0.314 e. The first-order valence-corrected chi connectivity index (χ1v) is 7.22. The van der Waals surface area contributed by atoms with Gasteiger partial charge in [0, 0.05) is 6.04 Å². The van der Waals surface area contributed by atoms with Crippen molar-refractivity contribution in [1.29, 1.82) is 0 Å². The second kappa shape index (κ2) is 8.08. The zero-order chi connectivity index (χ0) is 11.8. The van der Waals surface area contributed by atoms with Gasteiger partial charge in [0.2, 0.25) is 0 Å². The Bertz CT molecular complexity index is 162. The highest BCUT2D eigenvalue weighted by atomic mass is 15.1. The molecule has 0 radical (unpaired) electrons. The molecule has 0 bridgehead atoms. The van der Waals surface area contributed by atoms with E-state index >= 15 is 0 Å². The molecule has 1 heterocycles. The molecule has 96 valence electrons. The number of rotatable bonds is 7. The fourth-order valence-electron chi connectivity index (χ4n) is 2.64. The van der Waals surface area contributed by atoms with Crippen LogP contribution in [-0.2, 0) is 0 Å². The van der Waals surface area contributed by atoms with E-state index < -0.39 is 0 Å². The maximum absolute atomic E-state index is 3.74. The highest BCUT2D eigenvalue weighted by Crippen LogP contribution is 2.11. The maximum atomic E-state index is 3.74. The molecule has 1 aliphatic heterocycles. The SMILES string of the molecule is CCCC(C)CNC1CCN(CCC)CC1. The lowest BCUT2D eigenvalue weighted by Crippen LogP contribution is -2.43. The molecule has 1 N–H and O–H groups in total. The van der Waals surface area contributed by atoms with Crippen LogP contribution >= 0.6 is 0 Å². The Morgan fingerprint density at radius 2 is 1.88 bits per heavy atom. The van der Waals surface area contributed by atoms with Crippen molar-refractivity contribution in [3.8, 4) is 0 Å². The van der Waals surface area contributed by atoms with Gasteiger partial charge in [-0.15, -0.1) is 0 Å². The summed E-state index contributed by atoms with van der Waals surface area (Å²) in [5.41, 5.74) is 0. The van der Waals surface area contributed by atoms with Crippen LogP contribution in [0.2, 0.25) is 0 Å². The second-order valence-electron chi connectivity index (χ2n) is 5.42. The Hall–Kier alpha value is -0.0800. The first-order valence-electron chi connectivity index (χ1n) is 7.22. The molecule has 1 fully saturated rings. The third-order valence-electron chi connectivity index (χ3n) is 3.66. The molecule has 0 aromatic carbocycles. The van der Waals surface area contributed by atoms with Crippen LogP contribution in [-0.4, -0.2) is 37.1 Å². The van der Waals surface area contributed by atoms with Crippen molar-refractivity contribution < 1.29 is 0 Å². The predicted molar refractivity (Wildman–Crippen MR) is 71.8 cm³/mol. The van der Waals surface area contributed by atoms with E-state index in [4.69, 9.17) is 0 Å². The average Bonchev–Trinajstić information content (AvgIpc) is 2.29. The molecule has 0 aromatic rings. The molecule has 2 heteroatoms. The van der Waals surface area contributed by atoms with Crippen LogP contribution in [0.4, 0.5) is 0 Å². The van der Waals surface area contributed by atoms with Gasteiger partial charge in [-0.3, -0.25) is 0 Å². The number of hydrogen-bond acceptors (Lipinski definition) is 2. The monoisotopic (exact) mass is 226 g/mol. The van der Waals surface area contributed by atoms with E-state index in [0.717, 1.165) is 12.0 Å². The predicted octanol–water partition coefficient (Wildman–Crippen LogP) is 2.89. The van der Waals surface area contributed by atoms with Crippen molar-refractivity contribution in [2.45, 2.75) is 58.9 Å². The summed E-state index contributed by atoms with van der Waals surface area (Å²) >= 11 is 0. The lowest BCUT2D eigenvalue weighted by molar-refractivity contribution is 0.195. The van der Waals surface area contributed by atoms with E-state index in [1.54, 1.807) is 0 Å². The van der Waals surface area contributed by atoms with Crippen molar-refractivity contribution in [1.82, 2.24) is 10.2 Å². The largest absolute Gasteiger partial charge is 0.314 e. The summed E-state index contributed by atoms with van der Waals surface area (Å²) in [6, 6.07) is 0.785. The summed E-state index contributed by atoms with van der Waals surface area (Å²) in [4.78, 5) is 2.60. The third kappa shape index (κ3) is 5.31. The summed E-state index contributed by atoms with van der Waals surface area (Å²) in [5, 5.41) is 3.74. The molecular formula is C14H30N2. The molecule has 0 spiro atoms. The smallest absolute Gasteiger partial charge is 0.00915 e. The molecule has 1 saturated heterocycles. The van der Waals surface area contributed by atoms with Crippen LogP contribution in [0.25, 0.3) is 0 Å². The third-order valence-corrected chi connectivity index (χ3v) is 3.66. The zero-order valence-electron chi connectivity index (χ0n) is 11.5. The van der Waals surface area contributed by atoms with E-state index in [2.05, 4.69) is 31.0 Å². The lowest BCUT2D eigenvalue weighted by atomic mass is 10.0. The van der Waals surface area contributed by atoms with Crippen LogP contribution < -0.4 is 5.32 Å². The van der Waals surface area contributed by atoms with Gasteiger partial charge in [-0.25, -0.2) is 0 Å². The topological polar surface area (TPSA) is 15.3 Å². The van der Waals surface area contributed by atoms with Crippen molar-refractivity contribution in [3.63, 3.8) is 0 Å². The Labute approximate surface area is 102 Å². The Morgan fingerprint density at radius 1 is 1.19 bits per heavy atom. The molecule has 0 aromatic heterocycles. The van der Waals surface area contributed by atoms with Gasteiger partial charge in [-0.2, -0.15) is 0 Å². The molecule has 0 amide bonds. The highest BCUT2D eigenvalue weighted by Gasteiger charge is 2.18. The van der Waals surface area contributed by atoms with Crippen molar-refractivity contribution in [3.05, 3.63) is 0 Å². The average molecular weight is 226 g/mol. The molecule has 16 heavy (non-hydrogen) atoms. The van der Waals surface area contributed by atoms with Gasteiger partial charge in [0.05, 0.1) is 0 Å². The fraction of sp³-hybridized carbons (Fsp3) is 1.00. The number of hydrogen-bond donors (Lipinski definition) is 1. The van der Waals surface area contributed by atoms with E-state index in [-0.39, 0.29) is 0 Å². The van der Waals surface area contributed by atoms with E-state index in [1.807, 2.05) is 0 Å². The lowest BCUT2D eigenvalue weighted by Gasteiger charge is -2.32. The number of nitrogens with one attached hydrogen (secondary N) is 1. The Morgan fingerprint density at radius 3 is 2.44 bits per heavy atom. The van der Waals surface area contributed by atoms with Crippen molar-refractivity contribution in [2.24, 2.45) is 5.92 Å². The standard InChI is InChI=1S/C14H30N2/c1-4-6-13(3)12-15-14-7-10-16(9-5-2)11-8-14/h13-15H,4-12H2,1-3H3. The Balaban J connectivity index is 2.07. The normalized spacial score (nSPS) is 21.2. The molecule has 0 saturated carbocycles. The number of nitrogens with zero attached hydrogens (tertiary/aromatic N) is 1. The summed E-state index contributed by atoms with van der Waals surface area (Å²) < 4.78 is 0. The first-order chi connectivity index (χ1) is 7.76. The van der Waals surface area contributed by atoms with Crippen LogP contribution in [0.3, 0.4) is 0 Å². The van der Waals surface area contributed by atoms with Gasteiger partial charge < -0.3 is 10.2 Å². The molecule has 1 aliphatic rings.